The highest BCUT2D eigenvalue weighted by atomic mass is 19.4. The van der Waals surface area contributed by atoms with Crippen LogP contribution in [0.3, 0.4) is 0 Å². The van der Waals surface area contributed by atoms with Crippen LogP contribution in [-0.2, 0) is 6.18 Å². The molecule has 0 aliphatic rings. The third-order valence-corrected chi connectivity index (χ3v) is 5.88. The van der Waals surface area contributed by atoms with E-state index in [0.717, 1.165) is 23.4 Å². The first kappa shape index (κ1) is 25.6. The molecule has 198 valence electrons. The van der Waals surface area contributed by atoms with Crippen LogP contribution in [0, 0.1) is 20.8 Å². The molecule has 0 spiro atoms. The van der Waals surface area contributed by atoms with Gasteiger partial charge in [0.25, 0.3) is 5.91 Å². The lowest BCUT2D eigenvalue weighted by molar-refractivity contribution is -0.137. The summed E-state index contributed by atoms with van der Waals surface area (Å²) in [5, 5.41) is 5.70. The molecule has 0 fully saturated rings. The Hall–Kier alpha value is -5.00. The molecule has 12 heteroatoms. The van der Waals surface area contributed by atoms with Gasteiger partial charge in [0.05, 0.1) is 23.3 Å². The molecule has 5 rings (SSSR count). The van der Waals surface area contributed by atoms with Gasteiger partial charge in [0.15, 0.2) is 0 Å². The molecule has 2 aromatic carbocycles. The maximum absolute atomic E-state index is 13.6. The fourth-order valence-electron chi connectivity index (χ4n) is 3.88. The molecular formula is C27H23F3N8O. The number of hydrogen-bond donors (Lipinski definition) is 2. The summed E-state index contributed by atoms with van der Waals surface area (Å²) in [6, 6.07) is 10.0. The van der Waals surface area contributed by atoms with Crippen molar-refractivity contribution in [2.45, 2.75) is 26.9 Å². The number of nitrogens with zero attached hydrogens (tertiary/aromatic N) is 6. The van der Waals surface area contributed by atoms with Gasteiger partial charge in [-0.3, -0.25) is 9.36 Å². The Morgan fingerprint density at radius 1 is 0.872 bits per heavy atom. The molecule has 0 bridgehead atoms. The van der Waals surface area contributed by atoms with E-state index in [1.54, 1.807) is 54.5 Å². The molecular weight excluding hydrogens is 509 g/mol. The monoisotopic (exact) mass is 532 g/mol. The predicted molar refractivity (Wildman–Crippen MR) is 140 cm³/mol. The smallest absolute Gasteiger partial charge is 0.324 e. The molecule has 9 nitrogen and oxygen atoms in total. The van der Waals surface area contributed by atoms with Crippen LogP contribution in [-0.4, -0.2) is 35.0 Å². The first-order valence-corrected chi connectivity index (χ1v) is 11.8. The van der Waals surface area contributed by atoms with E-state index in [1.807, 2.05) is 20.0 Å². The lowest BCUT2D eigenvalue weighted by atomic mass is 10.1. The van der Waals surface area contributed by atoms with Crippen molar-refractivity contribution in [1.29, 1.82) is 0 Å². The van der Waals surface area contributed by atoms with Crippen molar-refractivity contribution in [2.24, 2.45) is 0 Å². The average molecular weight is 533 g/mol. The van der Waals surface area contributed by atoms with Crippen LogP contribution in [0.2, 0.25) is 0 Å². The highest BCUT2D eigenvalue weighted by Gasteiger charge is 2.31. The van der Waals surface area contributed by atoms with Gasteiger partial charge in [-0.15, -0.1) is 0 Å². The summed E-state index contributed by atoms with van der Waals surface area (Å²) in [7, 11) is 0. The molecule has 0 atom stereocenters. The van der Waals surface area contributed by atoms with Gasteiger partial charge in [0, 0.05) is 41.2 Å². The van der Waals surface area contributed by atoms with E-state index >= 15 is 0 Å². The number of aromatic nitrogens is 6. The van der Waals surface area contributed by atoms with E-state index in [1.165, 1.54) is 17.0 Å². The second-order valence-corrected chi connectivity index (χ2v) is 8.96. The molecule has 3 aromatic heterocycles. The number of imidazole rings is 2. The second kappa shape index (κ2) is 10.0. The van der Waals surface area contributed by atoms with Crippen molar-refractivity contribution < 1.29 is 18.0 Å². The van der Waals surface area contributed by atoms with Crippen molar-refractivity contribution in [2.75, 3.05) is 10.6 Å². The Balaban J connectivity index is 1.40. The minimum absolute atomic E-state index is 0.00192. The summed E-state index contributed by atoms with van der Waals surface area (Å²) < 4.78 is 44.0. The summed E-state index contributed by atoms with van der Waals surface area (Å²) in [6.45, 7) is 5.45. The zero-order chi connectivity index (χ0) is 27.7. The lowest BCUT2D eigenvalue weighted by Gasteiger charge is -2.14. The predicted octanol–water partition coefficient (Wildman–Crippen LogP) is 5.79. The number of carbonyl (C=O) groups excluding carboxylic acids is 1. The van der Waals surface area contributed by atoms with Crippen molar-refractivity contribution in [1.82, 2.24) is 29.1 Å². The fourth-order valence-corrected chi connectivity index (χ4v) is 3.88. The summed E-state index contributed by atoms with van der Waals surface area (Å²) >= 11 is 0. The second-order valence-electron chi connectivity index (χ2n) is 8.96. The van der Waals surface area contributed by atoms with Gasteiger partial charge in [0.1, 0.15) is 12.1 Å². The summed E-state index contributed by atoms with van der Waals surface area (Å²) in [4.78, 5) is 30.1. The maximum atomic E-state index is 13.6. The highest BCUT2D eigenvalue weighted by molar-refractivity contribution is 6.05. The van der Waals surface area contributed by atoms with E-state index in [0.29, 0.717) is 23.1 Å². The van der Waals surface area contributed by atoms with Crippen molar-refractivity contribution in [3.63, 3.8) is 0 Å². The molecule has 3 heterocycles. The van der Waals surface area contributed by atoms with Crippen LogP contribution in [0.5, 0.6) is 0 Å². The molecule has 2 N–H and O–H groups in total. The molecule has 0 aliphatic carbocycles. The molecule has 0 aliphatic heterocycles. The lowest BCUT2D eigenvalue weighted by Crippen LogP contribution is -2.14. The van der Waals surface area contributed by atoms with Crippen LogP contribution in [0.1, 0.15) is 32.9 Å². The average Bonchev–Trinajstić information content (AvgIpc) is 3.53. The molecule has 0 saturated carbocycles. The van der Waals surface area contributed by atoms with E-state index in [-0.39, 0.29) is 16.9 Å². The Morgan fingerprint density at radius 3 is 2.26 bits per heavy atom. The number of hydrogen-bond acceptors (Lipinski definition) is 6. The van der Waals surface area contributed by atoms with Gasteiger partial charge >= 0.3 is 6.18 Å². The zero-order valence-electron chi connectivity index (χ0n) is 21.2. The van der Waals surface area contributed by atoms with Gasteiger partial charge in [-0.05, 0) is 62.7 Å². The number of aryl methyl sites for hydroxylation is 3. The van der Waals surface area contributed by atoms with E-state index in [4.69, 9.17) is 0 Å². The summed E-state index contributed by atoms with van der Waals surface area (Å²) in [5.74, 6) is 0.333. The molecule has 1 amide bonds. The number of alkyl halides is 3. The highest BCUT2D eigenvalue weighted by Crippen LogP contribution is 2.33. The maximum Gasteiger partial charge on any atom is 0.416 e. The molecule has 5 aromatic rings. The Bertz CT molecular complexity index is 1670. The van der Waals surface area contributed by atoms with Gasteiger partial charge in [0.2, 0.25) is 5.95 Å². The topological polar surface area (TPSA) is 103 Å². The Morgan fingerprint density at radius 2 is 1.59 bits per heavy atom. The van der Waals surface area contributed by atoms with Crippen LogP contribution in [0.25, 0.3) is 11.5 Å². The van der Waals surface area contributed by atoms with Crippen LogP contribution < -0.4 is 10.6 Å². The van der Waals surface area contributed by atoms with Gasteiger partial charge in [-0.1, -0.05) is 6.07 Å². The number of rotatable bonds is 6. The minimum atomic E-state index is -4.60. The third kappa shape index (κ3) is 5.79. The molecule has 0 unspecified atom stereocenters. The number of benzene rings is 2. The molecule has 0 radical (unpaired) electrons. The fraction of sp³-hybridized carbons (Fsp3) is 0.148. The summed E-state index contributed by atoms with van der Waals surface area (Å²) in [5.41, 5.74) is 2.43. The van der Waals surface area contributed by atoms with Crippen molar-refractivity contribution in [3.8, 4) is 11.5 Å². The van der Waals surface area contributed by atoms with E-state index in [2.05, 4.69) is 30.6 Å². The normalized spacial score (nSPS) is 11.4. The standard InChI is InChI=1S/C27H23F3N8O/c1-16-4-5-19(8-23(16)35-26-31-7-6-24(36-26)38-13-18(3)33-15-38)25(39)34-21-9-20(27(28,29)30)10-22(11-21)37-12-17(2)32-14-37/h4-15H,1-3H3,(H,34,39)(H,31,35,36). The number of halogens is 3. The van der Waals surface area contributed by atoms with Crippen LogP contribution in [0.4, 0.5) is 30.5 Å². The number of nitrogens with one attached hydrogen (secondary N) is 2. The van der Waals surface area contributed by atoms with Crippen LogP contribution in [0.15, 0.2) is 73.7 Å². The molecule has 39 heavy (non-hydrogen) atoms. The van der Waals surface area contributed by atoms with E-state index in [9.17, 15) is 18.0 Å². The zero-order valence-corrected chi connectivity index (χ0v) is 21.2. The van der Waals surface area contributed by atoms with Gasteiger partial charge in [-0.2, -0.15) is 18.2 Å². The summed E-state index contributed by atoms with van der Waals surface area (Å²) in [6.07, 6.45) is 3.48. The van der Waals surface area contributed by atoms with Crippen molar-refractivity contribution >= 4 is 23.2 Å². The molecule has 0 saturated heterocycles. The number of amides is 1. The van der Waals surface area contributed by atoms with Crippen molar-refractivity contribution in [3.05, 3.63) is 102 Å². The Kier molecular flexibility index (Phi) is 6.60. The van der Waals surface area contributed by atoms with Gasteiger partial charge in [-0.25, -0.2) is 15.0 Å². The van der Waals surface area contributed by atoms with Crippen LogP contribution >= 0.6 is 0 Å². The number of carbonyl (C=O) groups is 1. The first-order chi connectivity index (χ1) is 18.5. The Labute approximate surface area is 221 Å². The van der Waals surface area contributed by atoms with Gasteiger partial charge < -0.3 is 15.2 Å². The van der Waals surface area contributed by atoms with E-state index < -0.39 is 17.6 Å². The quantitative estimate of drug-likeness (QED) is 0.287. The number of anilines is 3. The third-order valence-electron chi connectivity index (χ3n) is 5.88. The minimum Gasteiger partial charge on any atom is -0.324 e. The SMILES string of the molecule is Cc1cn(-c2cc(NC(=O)c3ccc(C)c(Nc4nccc(-n5cnc(C)c5)n4)c3)cc(C(F)(F)F)c2)cn1. The first-order valence-electron chi connectivity index (χ1n) is 11.8. The largest absolute Gasteiger partial charge is 0.416 e.